The smallest absolute Gasteiger partial charge is 0.191 e. The number of methoxy groups -OCH3 is 2. The number of hydrogen-bond acceptors (Lipinski definition) is 3. The summed E-state index contributed by atoms with van der Waals surface area (Å²) >= 11 is 0. The number of ether oxygens (including phenoxy) is 2. The van der Waals surface area contributed by atoms with Gasteiger partial charge in [-0.25, -0.2) is 9.38 Å². The van der Waals surface area contributed by atoms with E-state index in [4.69, 9.17) is 9.47 Å². The van der Waals surface area contributed by atoms with Crippen molar-refractivity contribution in [1.82, 2.24) is 15.6 Å². The van der Waals surface area contributed by atoms with Crippen LogP contribution in [0.5, 0.6) is 11.5 Å². The number of fused-ring (bicyclic) bond motifs is 1. The highest BCUT2D eigenvalue weighted by atomic mass is 127. The lowest BCUT2D eigenvalue weighted by Crippen LogP contribution is -2.38. The first-order chi connectivity index (χ1) is 14.2. The van der Waals surface area contributed by atoms with Crippen LogP contribution < -0.4 is 20.1 Å². The fraction of sp³-hybridized carbons (Fsp3) is 0.318. The van der Waals surface area contributed by atoms with Crippen molar-refractivity contribution in [3.63, 3.8) is 0 Å². The number of guanidine groups is 1. The zero-order valence-electron chi connectivity index (χ0n) is 17.4. The molecule has 6 nitrogen and oxygen atoms in total. The Morgan fingerprint density at radius 2 is 1.93 bits per heavy atom. The van der Waals surface area contributed by atoms with Crippen molar-refractivity contribution in [2.24, 2.45) is 4.99 Å². The normalized spacial score (nSPS) is 11.1. The molecule has 0 fully saturated rings. The van der Waals surface area contributed by atoms with E-state index in [0.717, 1.165) is 35.0 Å². The number of rotatable bonds is 8. The van der Waals surface area contributed by atoms with Crippen molar-refractivity contribution in [3.8, 4) is 11.5 Å². The summed E-state index contributed by atoms with van der Waals surface area (Å²) in [5.41, 5.74) is 2.94. The molecule has 162 valence electrons. The summed E-state index contributed by atoms with van der Waals surface area (Å²) in [4.78, 5) is 7.84. The van der Waals surface area contributed by atoms with Gasteiger partial charge in [0.05, 0.1) is 20.8 Å². The molecule has 0 aliphatic rings. The van der Waals surface area contributed by atoms with Crippen molar-refractivity contribution in [3.05, 3.63) is 59.5 Å². The van der Waals surface area contributed by atoms with E-state index in [2.05, 4.69) is 20.6 Å². The van der Waals surface area contributed by atoms with Gasteiger partial charge in [-0.05, 0) is 43.2 Å². The number of benzene rings is 2. The molecule has 3 aromatic rings. The molecule has 0 bridgehead atoms. The molecule has 0 radical (unpaired) electrons. The van der Waals surface area contributed by atoms with E-state index in [9.17, 15) is 4.39 Å². The largest absolute Gasteiger partial charge is 0.493 e. The summed E-state index contributed by atoms with van der Waals surface area (Å²) in [6.45, 7) is 3.89. The molecule has 30 heavy (non-hydrogen) atoms. The van der Waals surface area contributed by atoms with Crippen molar-refractivity contribution in [1.29, 1.82) is 0 Å². The van der Waals surface area contributed by atoms with Crippen molar-refractivity contribution in [2.45, 2.75) is 19.9 Å². The molecule has 0 saturated carbocycles. The van der Waals surface area contributed by atoms with Gasteiger partial charge < -0.3 is 25.1 Å². The van der Waals surface area contributed by atoms with Crippen LogP contribution >= 0.6 is 24.0 Å². The molecule has 2 aromatic carbocycles. The van der Waals surface area contributed by atoms with Crippen LogP contribution in [0.4, 0.5) is 4.39 Å². The Balaban J connectivity index is 0.00000320. The van der Waals surface area contributed by atoms with Crippen LogP contribution in [0.25, 0.3) is 10.9 Å². The molecular formula is C22H28FIN4O2. The maximum atomic E-state index is 13.5. The molecule has 1 aromatic heterocycles. The summed E-state index contributed by atoms with van der Waals surface area (Å²) in [7, 11) is 3.24. The third-order valence-corrected chi connectivity index (χ3v) is 4.65. The third kappa shape index (κ3) is 5.78. The number of hydrogen-bond donors (Lipinski definition) is 3. The zero-order chi connectivity index (χ0) is 20.6. The fourth-order valence-corrected chi connectivity index (χ4v) is 3.26. The lowest BCUT2D eigenvalue weighted by Gasteiger charge is -2.13. The number of nitrogens with zero attached hydrogens (tertiary/aromatic N) is 1. The lowest BCUT2D eigenvalue weighted by molar-refractivity contribution is 0.352. The molecular weight excluding hydrogens is 498 g/mol. The predicted octanol–water partition coefficient (Wildman–Crippen LogP) is 4.24. The second kappa shape index (κ2) is 11.6. The Morgan fingerprint density at radius 1 is 1.10 bits per heavy atom. The van der Waals surface area contributed by atoms with Crippen LogP contribution in [0.2, 0.25) is 0 Å². The molecule has 0 spiro atoms. The van der Waals surface area contributed by atoms with E-state index in [-0.39, 0.29) is 29.8 Å². The van der Waals surface area contributed by atoms with E-state index in [1.54, 1.807) is 26.4 Å². The highest BCUT2D eigenvalue weighted by Gasteiger charge is 2.09. The minimum Gasteiger partial charge on any atom is -0.493 e. The molecule has 0 aliphatic carbocycles. The lowest BCUT2D eigenvalue weighted by atomic mass is 10.1. The second-order valence-corrected chi connectivity index (χ2v) is 6.53. The van der Waals surface area contributed by atoms with Gasteiger partial charge in [-0.3, -0.25) is 0 Å². The molecule has 0 aliphatic heterocycles. The highest BCUT2D eigenvalue weighted by molar-refractivity contribution is 14.0. The molecule has 0 atom stereocenters. The summed E-state index contributed by atoms with van der Waals surface area (Å²) in [6.07, 6.45) is 2.67. The summed E-state index contributed by atoms with van der Waals surface area (Å²) in [5, 5.41) is 7.49. The standard InChI is InChI=1S/C22H27FN4O2.HI/c1-4-24-22(27-14-16-6-5-7-20(28-2)21(16)29-3)25-11-10-15-13-26-19-9-8-17(23)12-18(15)19;/h5-9,12-13,26H,4,10-11,14H2,1-3H3,(H2,24,25,27);1H. The quantitative estimate of drug-likeness (QED) is 0.233. The van der Waals surface area contributed by atoms with E-state index >= 15 is 0 Å². The minimum absolute atomic E-state index is 0. The predicted molar refractivity (Wildman–Crippen MR) is 130 cm³/mol. The Morgan fingerprint density at radius 3 is 2.67 bits per heavy atom. The van der Waals surface area contributed by atoms with Crippen LogP contribution in [0.3, 0.4) is 0 Å². The first kappa shape index (κ1) is 23.8. The number of aromatic amines is 1. The number of para-hydroxylation sites is 1. The zero-order valence-corrected chi connectivity index (χ0v) is 19.8. The molecule has 0 unspecified atom stereocenters. The van der Waals surface area contributed by atoms with Crippen LogP contribution in [0.15, 0.2) is 47.6 Å². The Kier molecular flexibility index (Phi) is 9.22. The van der Waals surface area contributed by atoms with Crippen LogP contribution in [-0.4, -0.2) is 38.3 Å². The monoisotopic (exact) mass is 526 g/mol. The molecule has 3 rings (SSSR count). The number of aromatic nitrogens is 1. The van der Waals surface area contributed by atoms with Crippen LogP contribution in [-0.2, 0) is 13.0 Å². The van der Waals surface area contributed by atoms with Crippen molar-refractivity contribution >= 4 is 40.8 Å². The molecule has 0 amide bonds. The topological polar surface area (TPSA) is 70.7 Å². The molecule has 1 heterocycles. The van der Waals surface area contributed by atoms with Gasteiger partial charge in [-0.2, -0.15) is 0 Å². The van der Waals surface area contributed by atoms with Crippen molar-refractivity contribution in [2.75, 3.05) is 27.3 Å². The van der Waals surface area contributed by atoms with Gasteiger partial charge in [0.15, 0.2) is 17.5 Å². The van der Waals surface area contributed by atoms with Crippen molar-refractivity contribution < 1.29 is 13.9 Å². The van der Waals surface area contributed by atoms with E-state index in [1.807, 2.05) is 31.3 Å². The van der Waals surface area contributed by atoms with Gasteiger partial charge in [0.1, 0.15) is 5.82 Å². The Hall–Kier alpha value is -2.49. The first-order valence-corrected chi connectivity index (χ1v) is 9.63. The summed E-state index contributed by atoms with van der Waals surface area (Å²) < 4.78 is 24.4. The van der Waals surface area contributed by atoms with Gasteiger partial charge in [0, 0.05) is 35.8 Å². The van der Waals surface area contributed by atoms with Gasteiger partial charge in [0.2, 0.25) is 0 Å². The SMILES string of the molecule is CCNC(=NCc1cccc(OC)c1OC)NCCc1c[nH]c2ccc(F)cc12.I. The van der Waals surface area contributed by atoms with E-state index in [1.165, 1.54) is 6.07 Å². The van der Waals surface area contributed by atoms with Gasteiger partial charge in [0.25, 0.3) is 0 Å². The van der Waals surface area contributed by atoms with E-state index < -0.39 is 0 Å². The summed E-state index contributed by atoms with van der Waals surface area (Å²) in [5.74, 6) is 1.86. The minimum atomic E-state index is -0.228. The van der Waals surface area contributed by atoms with Gasteiger partial charge in [-0.1, -0.05) is 12.1 Å². The highest BCUT2D eigenvalue weighted by Crippen LogP contribution is 2.31. The number of nitrogens with one attached hydrogen (secondary N) is 3. The Bertz CT molecular complexity index is 990. The Labute approximate surface area is 193 Å². The third-order valence-electron chi connectivity index (χ3n) is 4.65. The number of halogens is 2. The average Bonchev–Trinajstić information content (AvgIpc) is 3.13. The fourth-order valence-electron chi connectivity index (χ4n) is 3.26. The van der Waals surface area contributed by atoms with Gasteiger partial charge >= 0.3 is 0 Å². The maximum absolute atomic E-state index is 13.5. The van der Waals surface area contributed by atoms with E-state index in [0.29, 0.717) is 30.5 Å². The number of H-pyrrole nitrogens is 1. The van der Waals surface area contributed by atoms with Gasteiger partial charge in [-0.15, -0.1) is 24.0 Å². The maximum Gasteiger partial charge on any atom is 0.191 e. The number of aliphatic imine (C=N–C) groups is 1. The molecule has 3 N–H and O–H groups in total. The first-order valence-electron chi connectivity index (χ1n) is 9.63. The second-order valence-electron chi connectivity index (χ2n) is 6.53. The summed E-state index contributed by atoms with van der Waals surface area (Å²) in [6, 6.07) is 10.5. The van der Waals surface area contributed by atoms with Crippen LogP contribution in [0, 0.1) is 5.82 Å². The average molecular weight is 526 g/mol. The molecule has 8 heteroatoms. The molecule has 0 saturated heterocycles. The van der Waals surface area contributed by atoms with Crippen LogP contribution in [0.1, 0.15) is 18.1 Å².